The van der Waals surface area contributed by atoms with Crippen molar-refractivity contribution in [2.75, 3.05) is 0 Å². The summed E-state index contributed by atoms with van der Waals surface area (Å²) in [6, 6.07) is 13.6. The maximum Gasteiger partial charge on any atom is -0.00991 e. The van der Waals surface area contributed by atoms with Gasteiger partial charge in [0.2, 0.25) is 0 Å². The van der Waals surface area contributed by atoms with Crippen molar-refractivity contribution in [2.24, 2.45) is 0 Å². The van der Waals surface area contributed by atoms with E-state index in [1.54, 1.807) is 0 Å². The normalized spacial score (nSPS) is 11.8. The highest BCUT2D eigenvalue weighted by Crippen LogP contribution is 2.42. The average Bonchev–Trinajstić information content (AvgIpc) is 2.91. The number of rotatable bonds is 2. The second-order valence-electron chi connectivity index (χ2n) is 5.53. The molecule has 0 saturated carbocycles. The molecule has 1 aromatic carbocycles. The lowest BCUT2D eigenvalue weighted by Gasteiger charge is -2.10. The summed E-state index contributed by atoms with van der Waals surface area (Å²) in [6.07, 6.45) is 0. The zero-order valence-electron chi connectivity index (χ0n) is 12.5. The van der Waals surface area contributed by atoms with E-state index in [1.165, 1.54) is 43.4 Å². The van der Waals surface area contributed by atoms with Crippen LogP contribution in [0.4, 0.5) is 0 Å². The van der Waals surface area contributed by atoms with E-state index >= 15 is 0 Å². The lowest BCUT2D eigenvalue weighted by Crippen LogP contribution is -1.84. The molecule has 0 bridgehead atoms. The van der Waals surface area contributed by atoms with Gasteiger partial charge in [-0.15, -0.1) is 16.4 Å². The molecule has 0 saturated heterocycles. The maximum atomic E-state index is 2.37. The van der Waals surface area contributed by atoms with Crippen molar-refractivity contribution in [2.45, 2.75) is 27.7 Å². The van der Waals surface area contributed by atoms with Gasteiger partial charge in [0, 0.05) is 0 Å². The van der Waals surface area contributed by atoms with E-state index in [-0.39, 0.29) is 0 Å². The first kappa shape index (κ1) is 13.7. The Kier molecular flexibility index (Phi) is 3.63. The van der Waals surface area contributed by atoms with Crippen LogP contribution in [0.5, 0.6) is 0 Å². The summed E-state index contributed by atoms with van der Waals surface area (Å²) in [5, 5.41) is 6.04. The average molecular weight is 298 g/mol. The Morgan fingerprint density at radius 1 is 0.600 bits per heavy atom. The van der Waals surface area contributed by atoms with Gasteiger partial charge in [-0.2, -0.15) is 0 Å². The molecule has 0 radical (unpaired) electrons. The van der Waals surface area contributed by atoms with Crippen molar-refractivity contribution >= 4 is 16.4 Å². The van der Waals surface area contributed by atoms with Gasteiger partial charge < -0.3 is 0 Å². The quantitative estimate of drug-likeness (QED) is 0.519. The zero-order valence-corrected chi connectivity index (χ0v) is 14.5. The van der Waals surface area contributed by atoms with E-state index < -0.39 is 0 Å². The molecule has 0 fully saturated rings. The van der Waals surface area contributed by atoms with E-state index in [1.807, 2.05) is 0 Å². The Bertz CT molecular complexity index is 694. The minimum Gasteiger partial charge on any atom is -0.133 e. The number of hydrogen-bond donors (Lipinski definition) is 0. The molecule has 2 atom stereocenters. The number of aryl methyl sites for hydroxylation is 4. The Morgan fingerprint density at radius 3 is 1.30 bits per heavy atom. The van der Waals surface area contributed by atoms with Crippen molar-refractivity contribution in [3.63, 3.8) is 0 Å². The fourth-order valence-corrected chi connectivity index (χ4v) is 5.26. The molecular formula is C18H20P2. The summed E-state index contributed by atoms with van der Waals surface area (Å²) in [5.74, 6) is 0. The summed E-state index contributed by atoms with van der Waals surface area (Å²) in [6.45, 7) is 9.03. The Morgan fingerprint density at radius 2 is 1.00 bits per heavy atom. The number of benzene rings is 1. The maximum absolute atomic E-state index is 2.37. The largest absolute Gasteiger partial charge is 0.133 e. The van der Waals surface area contributed by atoms with E-state index in [0.29, 0.717) is 0 Å². The molecule has 0 aliphatic carbocycles. The molecule has 0 spiro atoms. The van der Waals surface area contributed by atoms with Gasteiger partial charge in [0.05, 0.1) is 0 Å². The van der Waals surface area contributed by atoms with Crippen LogP contribution in [-0.2, 0) is 0 Å². The summed E-state index contributed by atoms with van der Waals surface area (Å²) >= 11 is 0. The molecule has 3 aromatic rings. The van der Waals surface area contributed by atoms with Crippen LogP contribution in [-0.4, -0.2) is 0 Å². The van der Waals surface area contributed by atoms with E-state index in [4.69, 9.17) is 0 Å². The molecular weight excluding hydrogens is 278 g/mol. The summed E-state index contributed by atoms with van der Waals surface area (Å²) in [4.78, 5) is 0. The van der Waals surface area contributed by atoms with Gasteiger partial charge in [-0.1, -0.05) is 24.3 Å². The highest BCUT2D eigenvalue weighted by Gasteiger charge is 2.13. The van der Waals surface area contributed by atoms with Crippen molar-refractivity contribution in [1.82, 2.24) is 0 Å². The molecule has 0 aliphatic heterocycles. The smallest absolute Gasteiger partial charge is 0.00991 e. The zero-order chi connectivity index (χ0) is 14.3. The molecule has 2 unspecified atom stereocenters. The van der Waals surface area contributed by atoms with E-state index in [0.717, 1.165) is 16.4 Å². The lowest BCUT2D eigenvalue weighted by atomic mass is 9.95. The Hall–Kier alpha value is -1.22. The second-order valence-corrected chi connectivity index (χ2v) is 9.10. The molecule has 2 heterocycles. The van der Waals surface area contributed by atoms with Gasteiger partial charge >= 0.3 is 0 Å². The van der Waals surface area contributed by atoms with Gasteiger partial charge in [0.15, 0.2) is 0 Å². The molecule has 0 amide bonds. The van der Waals surface area contributed by atoms with Crippen LogP contribution in [0, 0.1) is 27.7 Å². The Labute approximate surface area is 124 Å². The second kappa shape index (κ2) is 5.28. The van der Waals surface area contributed by atoms with E-state index in [9.17, 15) is 0 Å². The molecule has 20 heavy (non-hydrogen) atoms. The van der Waals surface area contributed by atoms with Crippen LogP contribution >= 0.6 is 16.4 Å². The van der Waals surface area contributed by atoms with Crippen molar-refractivity contribution in [3.05, 3.63) is 57.6 Å². The van der Waals surface area contributed by atoms with Gasteiger partial charge in [-0.05, 0) is 83.3 Å². The van der Waals surface area contributed by atoms with Gasteiger partial charge in [-0.3, -0.25) is 0 Å². The van der Waals surface area contributed by atoms with Gasteiger partial charge in [0.25, 0.3) is 0 Å². The Balaban J connectivity index is 2.23. The van der Waals surface area contributed by atoms with Crippen LogP contribution in [0.3, 0.4) is 0 Å². The molecule has 102 valence electrons. The summed E-state index contributed by atoms with van der Waals surface area (Å²) < 4.78 is 0. The van der Waals surface area contributed by atoms with Crippen LogP contribution in [0.1, 0.15) is 21.2 Å². The van der Waals surface area contributed by atoms with Crippen LogP contribution in [0.25, 0.3) is 22.3 Å². The first-order chi connectivity index (χ1) is 9.56. The highest BCUT2D eigenvalue weighted by molar-refractivity contribution is 7.32. The third kappa shape index (κ3) is 2.39. The standard InChI is InChI=1S/C18H20P2/c1-11-9-17(13(3)19-11)15-7-5-6-8-16(15)18-10-12(2)20-14(18)4/h5-10,19-20H,1-4H3. The van der Waals surface area contributed by atoms with Crippen LogP contribution in [0.15, 0.2) is 36.4 Å². The molecule has 2 heteroatoms. The molecule has 3 rings (SSSR count). The van der Waals surface area contributed by atoms with Gasteiger partial charge in [0.1, 0.15) is 0 Å². The first-order valence-electron chi connectivity index (χ1n) is 6.98. The monoisotopic (exact) mass is 298 g/mol. The van der Waals surface area contributed by atoms with Crippen LogP contribution in [0.2, 0.25) is 0 Å². The van der Waals surface area contributed by atoms with Crippen molar-refractivity contribution in [1.29, 1.82) is 0 Å². The third-order valence-electron chi connectivity index (χ3n) is 3.81. The first-order valence-corrected chi connectivity index (χ1v) is 8.98. The number of hydrogen-bond acceptors (Lipinski definition) is 0. The highest BCUT2D eigenvalue weighted by atomic mass is 31.0. The van der Waals surface area contributed by atoms with E-state index in [2.05, 4.69) is 64.1 Å². The molecule has 0 nitrogen and oxygen atoms in total. The predicted octanol–water partition coefficient (Wildman–Crippen LogP) is 6.32. The van der Waals surface area contributed by atoms with Gasteiger partial charge in [-0.25, -0.2) is 0 Å². The summed E-state index contributed by atoms with van der Waals surface area (Å²) in [5.41, 5.74) is 5.69. The van der Waals surface area contributed by atoms with Crippen molar-refractivity contribution < 1.29 is 0 Å². The predicted molar refractivity (Wildman–Crippen MR) is 95.3 cm³/mol. The van der Waals surface area contributed by atoms with Crippen molar-refractivity contribution in [3.8, 4) is 22.3 Å². The SMILES string of the molecule is Cc1cc(-c2ccccc2-c2cc(C)[pH]c2C)c(C)[pH]1. The fourth-order valence-electron chi connectivity index (χ4n) is 2.96. The van der Waals surface area contributed by atoms with Crippen LogP contribution < -0.4 is 0 Å². The lowest BCUT2D eigenvalue weighted by molar-refractivity contribution is 1.53. The summed E-state index contributed by atoms with van der Waals surface area (Å²) in [7, 11) is 1.74. The molecule has 0 aliphatic rings. The fraction of sp³-hybridized carbons (Fsp3) is 0.222. The molecule has 2 aromatic heterocycles. The minimum atomic E-state index is 0.869. The topological polar surface area (TPSA) is 0 Å². The minimum absolute atomic E-state index is 0.869. The third-order valence-corrected chi connectivity index (χ3v) is 6.17. The molecule has 0 N–H and O–H groups in total.